The molecule has 3 rings (SSSR count). The minimum Gasteiger partial charge on any atom is -0.484 e. The Morgan fingerprint density at radius 1 is 1.35 bits per heavy atom. The van der Waals surface area contributed by atoms with Gasteiger partial charge in [0.15, 0.2) is 0 Å². The predicted molar refractivity (Wildman–Crippen MR) is 84.8 cm³/mol. The Morgan fingerprint density at radius 3 is 2.85 bits per heavy atom. The molecular formula is C16H20N2OS. The molecule has 1 aliphatic heterocycles. The van der Waals surface area contributed by atoms with Crippen molar-refractivity contribution >= 4 is 17.0 Å². The maximum absolute atomic E-state index is 5.97. The van der Waals surface area contributed by atoms with Crippen LogP contribution < -0.4 is 10.1 Å². The lowest BCUT2D eigenvalue weighted by Gasteiger charge is -2.33. The normalized spacial score (nSPS) is 16.4. The van der Waals surface area contributed by atoms with Crippen molar-refractivity contribution < 1.29 is 4.74 Å². The summed E-state index contributed by atoms with van der Waals surface area (Å²) in [4.78, 5) is 4.71. The van der Waals surface area contributed by atoms with Crippen molar-refractivity contribution in [3.63, 3.8) is 0 Å². The quantitative estimate of drug-likeness (QED) is 0.882. The molecule has 2 heterocycles. The summed E-state index contributed by atoms with van der Waals surface area (Å²) < 4.78 is 5.97. The number of benzene rings is 1. The number of ether oxygens (including phenoxy) is 1. The van der Waals surface area contributed by atoms with E-state index in [1.165, 1.54) is 5.01 Å². The molecule has 0 fully saturated rings. The van der Waals surface area contributed by atoms with Gasteiger partial charge >= 0.3 is 0 Å². The van der Waals surface area contributed by atoms with Gasteiger partial charge in [0.1, 0.15) is 11.4 Å². The average Bonchev–Trinajstić information content (AvgIpc) is 2.87. The Balaban J connectivity index is 1.92. The number of thiazole rings is 1. The minimum atomic E-state index is -0.153. The molecule has 0 saturated heterocycles. The third kappa shape index (κ3) is 2.52. The van der Waals surface area contributed by atoms with Gasteiger partial charge in [0.05, 0.1) is 22.9 Å². The van der Waals surface area contributed by atoms with Crippen molar-refractivity contribution in [3.8, 4) is 17.0 Å². The van der Waals surface area contributed by atoms with Crippen molar-refractivity contribution in [2.75, 3.05) is 11.9 Å². The number of hydrogen-bond acceptors (Lipinski definition) is 4. The van der Waals surface area contributed by atoms with Gasteiger partial charge in [0.2, 0.25) is 0 Å². The van der Waals surface area contributed by atoms with Gasteiger partial charge in [-0.15, -0.1) is 11.3 Å². The molecule has 0 radical (unpaired) electrons. The molecule has 1 N–H and O–H groups in total. The fraction of sp³-hybridized carbons (Fsp3) is 0.438. The van der Waals surface area contributed by atoms with Gasteiger partial charge in [0.25, 0.3) is 0 Å². The molecule has 3 nitrogen and oxygen atoms in total. The van der Waals surface area contributed by atoms with E-state index in [0.29, 0.717) is 5.92 Å². The third-order valence-electron chi connectivity index (χ3n) is 3.38. The van der Waals surface area contributed by atoms with Gasteiger partial charge in [0, 0.05) is 16.9 Å². The number of anilines is 1. The fourth-order valence-corrected chi connectivity index (χ4v) is 3.09. The van der Waals surface area contributed by atoms with Crippen LogP contribution in [0, 0.1) is 0 Å². The number of nitrogens with one attached hydrogen (secondary N) is 1. The van der Waals surface area contributed by atoms with Crippen molar-refractivity contribution in [3.05, 3.63) is 28.6 Å². The zero-order valence-electron chi connectivity index (χ0n) is 12.4. The second kappa shape index (κ2) is 4.77. The van der Waals surface area contributed by atoms with Crippen LogP contribution in [0.15, 0.2) is 23.6 Å². The zero-order valence-corrected chi connectivity index (χ0v) is 13.2. The Hall–Kier alpha value is -1.55. The van der Waals surface area contributed by atoms with Crippen LogP contribution in [-0.4, -0.2) is 17.1 Å². The van der Waals surface area contributed by atoms with Crippen LogP contribution in [-0.2, 0) is 0 Å². The number of rotatable bonds is 2. The predicted octanol–water partition coefficient (Wildman–Crippen LogP) is 4.52. The summed E-state index contributed by atoms with van der Waals surface area (Å²) in [5.74, 6) is 1.40. The SMILES string of the molecule is CC(C)c1nc(-c2ccc3c(c2)NCC(C)(C)O3)cs1. The Labute approximate surface area is 124 Å². The Kier molecular flexibility index (Phi) is 3.21. The van der Waals surface area contributed by atoms with Gasteiger partial charge in [-0.2, -0.15) is 0 Å². The van der Waals surface area contributed by atoms with E-state index in [1.807, 2.05) is 6.07 Å². The highest BCUT2D eigenvalue weighted by Gasteiger charge is 2.26. The van der Waals surface area contributed by atoms with Crippen LogP contribution in [0.3, 0.4) is 0 Å². The molecule has 0 amide bonds. The molecular weight excluding hydrogens is 268 g/mol. The summed E-state index contributed by atoms with van der Waals surface area (Å²) >= 11 is 1.73. The fourth-order valence-electron chi connectivity index (χ4n) is 2.24. The molecule has 2 aromatic rings. The van der Waals surface area contributed by atoms with Crippen LogP contribution in [0.2, 0.25) is 0 Å². The standard InChI is InChI=1S/C16H20N2OS/c1-10(2)15-18-13(8-20-15)11-5-6-14-12(7-11)17-9-16(3,4)19-14/h5-8,10,17H,9H2,1-4H3. The maximum Gasteiger partial charge on any atom is 0.143 e. The molecule has 1 aromatic heterocycles. The van der Waals surface area contributed by atoms with Gasteiger partial charge < -0.3 is 10.1 Å². The van der Waals surface area contributed by atoms with Crippen LogP contribution in [0.5, 0.6) is 5.75 Å². The Morgan fingerprint density at radius 2 is 2.15 bits per heavy atom. The number of aromatic nitrogens is 1. The number of nitrogens with zero attached hydrogens (tertiary/aromatic N) is 1. The van der Waals surface area contributed by atoms with Gasteiger partial charge in [-0.1, -0.05) is 13.8 Å². The Bertz CT molecular complexity index is 631. The highest BCUT2D eigenvalue weighted by atomic mass is 32.1. The van der Waals surface area contributed by atoms with E-state index in [0.717, 1.165) is 29.2 Å². The summed E-state index contributed by atoms with van der Waals surface area (Å²) in [7, 11) is 0. The zero-order chi connectivity index (χ0) is 14.3. The third-order valence-corrected chi connectivity index (χ3v) is 4.53. The monoisotopic (exact) mass is 288 g/mol. The molecule has 0 atom stereocenters. The highest BCUT2D eigenvalue weighted by Crippen LogP contribution is 2.36. The molecule has 0 bridgehead atoms. The van der Waals surface area contributed by atoms with Crippen molar-refractivity contribution in [1.29, 1.82) is 0 Å². The van der Waals surface area contributed by atoms with E-state index < -0.39 is 0 Å². The summed E-state index contributed by atoms with van der Waals surface area (Å²) in [5, 5.41) is 6.76. The van der Waals surface area contributed by atoms with E-state index in [9.17, 15) is 0 Å². The molecule has 106 valence electrons. The second-order valence-corrected chi connectivity index (χ2v) is 7.04. The molecule has 20 heavy (non-hydrogen) atoms. The number of hydrogen-bond donors (Lipinski definition) is 1. The molecule has 4 heteroatoms. The van der Waals surface area contributed by atoms with E-state index in [2.05, 4.69) is 50.5 Å². The second-order valence-electron chi connectivity index (χ2n) is 6.15. The first-order valence-corrected chi connectivity index (χ1v) is 7.85. The lowest BCUT2D eigenvalue weighted by atomic mass is 10.1. The summed E-state index contributed by atoms with van der Waals surface area (Å²) in [6.07, 6.45) is 0. The first-order chi connectivity index (χ1) is 9.44. The smallest absolute Gasteiger partial charge is 0.143 e. The van der Waals surface area contributed by atoms with Crippen molar-refractivity contribution in [2.24, 2.45) is 0 Å². The topological polar surface area (TPSA) is 34.2 Å². The lowest BCUT2D eigenvalue weighted by Crippen LogP contribution is -2.39. The van der Waals surface area contributed by atoms with E-state index in [1.54, 1.807) is 11.3 Å². The molecule has 0 unspecified atom stereocenters. The maximum atomic E-state index is 5.97. The lowest BCUT2D eigenvalue weighted by molar-refractivity contribution is 0.116. The van der Waals surface area contributed by atoms with Gasteiger partial charge in [-0.05, 0) is 32.0 Å². The average molecular weight is 288 g/mol. The number of fused-ring (bicyclic) bond motifs is 1. The first-order valence-electron chi connectivity index (χ1n) is 6.97. The largest absolute Gasteiger partial charge is 0.484 e. The molecule has 0 spiro atoms. The summed E-state index contributed by atoms with van der Waals surface area (Å²) in [6, 6.07) is 6.25. The van der Waals surface area contributed by atoms with Crippen LogP contribution in [0.25, 0.3) is 11.3 Å². The first kappa shape index (κ1) is 13.4. The van der Waals surface area contributed by atoms with E-state index in [4.69, 9.17) is 9.72 Å². The summed E-state index contributed by atoms with van der Waals surface area (Å²) in [5.41, 5.74) is 3.09. The van der Waals surface area contributed by atoms with Crippen LogP contribution >= 0.6 is 11.3 Å². The van der Waals surface area contributed by atoms with E-state index >= 15 is 0 Å². The van der Waals surface area contributed by atoms with Crippen molar-refractivity contribution in [2.45, 2.75) is 39.2 Å². The van der Waals surface area contributed by atoms with Crippen molar-refractivity contribution in [1.82, 2.24) is 4.98 Å². The van der Waals surface area contributed by atoms with Gasteiger partial charge in [-0.3, -0.25) is 0 Å². The molecule has 1 aliphatic rings. The molecule has 1 aromatic carbocycles. The van der Waals surface area contributed by atoms with E-state index in [-0.39, 0.29) is 5.60 Å². The highest BCUT2D eigenvalue weighted by molar-refractivity contribution is 7.10. The molecule has 0 saturated carbocycles. The van der Waals surface area contributed by atoms with Crippen LogP contribution in [0.4, 0.5) is 5.69 Å². The minimum absolute atomic E-state index is 0.153. The van der Waals surface area contributed by atoms with Crippen LogP contribution in [0.1, 0.15) is 38.6 Å². The summed E-state index contributed by atoms with van der Waals surface area (Å²) in [6.45, 7) is 9.34. The van der Waals surface area contributed by atoms with Gasteiger partial charge in [-0.25, -0.2) is 4.98 Å². The molecule has 0 aliphatic carbocycles.